The van der Waals surface area contributed by atoms with Crippen LogP contribution < -0.4 is 9.62 Å². The van der Waals surface area contributed by atoms with Gasteiger partial charge in [-0.15, -0.1) is 0 Å². The topological polar surface area (TPSA) is 32.3 Å². The third-order valence-corrected chi connectivity index (χ3v) is 7.82. The van der Waals surface area contributed by atoms with Gasteiger partial charge in [0.1, 0.15) is 11.6 Å². The first-order valence-corrected chi connectivity index (χ1v) is 13.7. The number of fused-ring (bicyclic) bond motifs is 3. The van der Waals surface area contributed by atoms with E-state index in [0.717, 1.165) is 34.1 Å². The van der Waals surface area contributed by atoms with E-state index in [-0.39, 0.29) is 21.1 Å². The molecule has 5 aromatic carbocycles. The summed E-state index contributed by atoms with van der Waals surface area (Å²) in [4.78, 5) is 14.1. The van der Waals surface area contributed by atoms with Gasteiger partial charge in [0, 0.05) is 44.6 Å². The van der Waals surface area contributed by atoms with Gasteiger partial charge in [0.15, 0.2) is 0 Å². The number of rotatable bonds is 4. The van der Waals surface area contributed by atoms with Crippen molar-refractivity contribution < 1.29 is 21.1 Å². The summed E-state index contributed by atoms with van der Waals surface area (Å²) >= 11 is 0. The fourth-order valence-corrected chi connectivity index (χ4v) is 5.81. The Bertz CT molecular complexity index is 1890. The van der Waals surface area contributed by atoms with E-state index in [1.54, 1.807) is 0 Å². The molecule has 1 aliphatic rings. The largest absolute Gasteiger partial charge is 0.403 e. The van der Waals surface area contributed by atoms with Crippen LogP contribution in [0.1, 0.15) is 0 Å². The molecule has 7 aromatic rings. The Morgan fingerprint density at radius 1 is 0.429 bits per heavy atom. The third-order valence-electron chi connectivity index (χ3n) is 7.82. The molecule has 8 rings (SSSR count). The second-order valence-corrected chi connectivity index (χ2v) is 10.2. The Hall–Kier alpha value is -4.73. The second kappa shape index (κ2) is 10.9. The van der Waals surface area contributed by atoms with Crippen LogP contribution >= 0.6 is 0 Å². The van der Waals surface area contributed by atoms with Crippen LogP contribution in [-0.2, 0) is 21.1 Å². The van der Waals surface area contributed by atoms with Crippen molar-refractivity contribution in [1.29, 1.82) is 0 Å². The first kappa shape index (κ1) is 26.2. The van der Waals surface area contributed by atoms with Gasteiger partial charge >= 0.3 is 7.55 Å². The van der Waals surface area contributed by atoms with Crippen molar-refractivity contribution in [3.8, 4) is 22.3 Å². The van der Waals surface area contributed by atoms with E-state index in [1.807, 2.05) is 12.4 Å². The van der Waals surface area contributed by atoms with E-state index in [4.69, 9.17) is 9.97 Å². The van der Waals surface area contributed by atoms with Crippen molar-refractivity contribution in [2.75, 3.05) is 9.62 Å². The molecule has 1 aliphatic heterocycles. The minimum absolute atomic E-state index is 0. The van der Waals surface area contributed by atoms with Gasteiger partial charge in [-0.2, -0.15) is 0 Å². The van der Waals surface area contributed by atoms with Gasteiger partial charge in [-0.25, -0.2) is 9.97 Å². The Labute approximate surface area is 259 Å². The number of anilines is 4. The molecule has 0 N–H and O–H groups in total. The number of para-hydroxylation sites is 2. The summed E-state index contributed by atoms with van der Waals surface area (Å²) in [5.41, 5.74) is 6.70. The second-order valence-electron chi connectivity index (χ2n) is 10.2. The van der Waals surface area contributed by atoms with Gasteiger partial charge in [0.25, 0.3) is 0 Å². The van der Waals surface area contributed by atoms with Crippen molar-refractivity contribution in [2.45, 2.75) is 0 Å². The van der Waals surface area contributed by atoms with Crippen LogP contribution in [-0.4, -0.2) is 17.5 Å². The summed E-state index contributed by atoms with van der Waals surface area (Å²) < 4.78 is 0. The zero-order valence-corrected chi connectivity index (χ0v) is 24.8. The number of aromatic nitrogens is 2. The van der Waals surface area contributed by atoms with Gasteiger partial charge in [0.2, 0.25) is 0 Å². The molecule has 42 heavy (non-hydrogen) atoms. The van der Waals surface area contributed by atoms with Crippen molar-refractivity contribution in [1.82, 2.24) is 9.97 Å². The van der Waals surface area contributed by atoms with E-state index >= 15 is 0 Å². The monoisotopic (exact) mass is 718 g/mol. The number of nitrogens with zero attached hydrogens (tertiary/aromatic N) is 4. The van der Waals surface area contributed by atoms with Gasteiger partial charge in [-0.1, -0.05) is 97.1 Å². The normalized spacial score (nSPS) is 12.2. The molecular weight excluding hydrogens is 694 g/mol. The van der Waals surface area contributed by atoms with Crippen LogP contribution in [0.5, 0.6) is 0 Å². The minimum atomic E-state index is 0. The zero-order chi connectivity index (χ0) is 27.2. The first-order valence-electron chi connectivity index (χ1n) is 13.7. The van der Waals surface area contributed by atoms with Crippen LogP contribution in [0.4, 0.5) is 23.0 Å². The minimum Gasteiger partial charge on any atom is -0.351 e. The van der Waals surface area contributed by atoms with Gasteiger partial charge < -0.3 is 9.62 Å². The van der Waals surface area contributed by atoms with Gasteiger partial charge in [-0.05, 0) is 69.1 Å². The molecule has 0 aliphatic carbocycles. The van der Waals surface area contributed by atoms with Crippen molar-refractivity contribution in [2.24, 2.45) is 0 Å². The van der Waals surface area contributed by atoms with E-state index in [2.05, 4.69) is 151 Å². The van der Waals surface area contributed by atoms with E-state index in [1.165, 1.54) is 32.7 Å². The van der Waals surface area contributed by atoms with E-state index in [9.17, 15) is 0 Å². The quantitative estimate of drug-likeness (QED) is 0.170. The SMILES string of the molecule is [B]1N(c2ccc(-c3cccc4ccccc34)cn2)c2ccccc2N1c1ccc(-c2cccc3ccccc23)cn1.[Pt]. The standard InChI is InChI=1S/C36H24BN4.Pt/c1-3-13-29-25(9-1)11-7-15-31(29)27-19-21-35(38-23-27)40-33-17-5-6-18-34(33)41(37-40)36-22-20-28(24-39-36)32-16-8-12-26-10-2-4-14-30(26)32;/h1-24H;. The molecule has 0 spiro atoms. The molecule has 201 valence electrons. The van der Waals surface area contributed by atoms with Gasteiger partial charge in [0.05, 0.1) is 11.4 Å². The predicted molar refractivity (Wildman–Crippen MR) is 171 cm³/mol. The fraction of sp³-hybridized carbons (Fsp3) is 0. The summed E-state index contributed by atoms with van der Waals surface area (Å²) in [5.74, 6) is 1.72. The molecule has 0 bridgehead atoms. The van der Waals surface area contributed by atoms with E-state index < -0.39 is 0 Å². The molecule has 0 unspecified atom stereocenters. The Morgan fingerprint density at radius 2 is 0.857 bits per heavy atom. The summed E-state index contributed by atoms with van der Waals surface area (Å²) in [5, 5.41) is 4.91. The predicted octanol–water partition coefficient (Wildman–Crippen LogP) is 8.94. The zero-order valence-electron chi connectivity index (χ0n) is 22.5. The summed E-state index contributed by atoms with van der Waals surface area (Å²) in [6.07, 6.45) is 3.93. The molecule has 0 atom stereocenters. The average molecular weight is 719 g/mol. The molecule has 3 heterocycles. The van der Waals surface area contributed by atoms with Crippen LogP contribution in [0.25, 0.3) is 43.8 Å². The maximum Gasteiger partial charge on any atom is 0.403 e. The van der Waals surface area contributed by atoms with Crippen LogP contribution in [0, 0.1) is 0 Å². The molecule has 0 fully saturated rings. The summed E-state index contributed by atoms with van der Waals surface area (Å²) in [7, 11) is 2.07. The molecule has 0 saturated heterocycles. The fourth-order valence-electron chi connectivity index (χ4n) is 5.81. The van der Waals surface area contributed by atoms with Crippen LogP contribution in [0.2, 0.25) is 0 Å². The third kappa shape index (κ3) is 4.47. The Balaban J connectivity index is 0.00000288. The van der Waals surface area contributed by atoms with Gasteiger partial charge in [-0.3, -0.25) is 0 Å². The van der Waals surface area contributed by atoms with E-state index in [0.29, 0.717) is 0 Å². The maximum absolute atomic E-state index is 4.90. The summed E-state index contributed by atoms with van der Waals surface area (Å²) in [6, 6.07) is 46.6. The smallest absolute Gasteiger partial charge is 0.351 e. The van der Waals surface area contributed by atoms with Crippen molar-refractivity contribution >= 4 is 52.1 Å². The number of hydrogen-bond acceptors (Lipinski definition) is 4. The Morgan fingerprint density at radius 3 is 1.31 bits per heavy atom. The van der Waals surface area contributed by atoms with Crippen molar-refractivity contribution in [3.63, 3.8) is 0 Å². The molecular formula is C36H24BN4Pt. The summed E-state index contributed by atoms with van der Waals surface area (Å²) in [6.45, 7) is 0. The molecule has 6 heteroatoms. The molecule has 0 amide bonds. The number of pyridine rings is 2. The molecule has 1 radical (unpaired) electrons. The average Bonchev–Trinajstić information content (AvgIpc) is 3.44. The van der Waals surface area contributed by atoms with Crippen LogP contribution in [0.15, 0.2) is 146 Å². The molecule has 0 saturated carbocycles. The first-order chi connectivity index (χ1) is 20.3. The Kier molecular flexibility index (Phi) is 6.81. The number of benzene rings is 5. The van der Waals surface area contributed by atoms with Crippen molar-refractivity contribution in [3.05, 3.63) is 146 Å². The molecule has 2 aromatic heterocycles. The van der Waals surface area contributed by atoms with Crippen LogP contribution in [0.3, 0.4) is 0 Å². The maximum atomic E-state index is 4.90. The molecule has 4 nitrogen and oxygen atoms in total. The number of hydrogen-bond donors (Lipinski definition) is 0.